The Bertz CT molecular complexity index is 408. The van der Waals surface area contributed by atoms with Gasteiger partial charge in [-0.3, -0.25) is 0 Å². The van der Waals surface area contributed by atoms with E-state index in [1.807, 2.05) is 0 Å². The van der Waals surface area contributed by atoms with Crippen molar-refractivity contribution in [2.45, 2.75) is 96.1 Å². The minimum absolute atomic E-state index is 0.119. The largest absolute Gasteiger partial charge is 0.410 e. The molecule has 3 heteroatoms. The summed E-state index contributed by atoms with van der Waals surface area (Å²) >= 11 is 0. The first-order valence-electron chi connectivity index (χ1n) is 8.67. The van der Waals surface area contributed by atoms with Crippen LogP contribution in [0.4, 0.5) is 0 Å². The zero-order valence-corrected chi connectivity index (χ0v) is 15.8. The van der Waals surface area contributed by atoms with Crippen molar-refractivity contribution in [2.75, 3.05) is 0 Å². The SMILES string of the molecule is CC1=CC(O[Si](C)(C)C(C)(C)C)[C@@H]2CCCCCC[C@]12O. The van der Waals surface area contributed by atoms with Crippen LogP contribution < -0.4 is 0 Å². The van der Waals surface area contributed by atoms with Crippen molar-refractivity contribution in [3.8, 4) is 0 Å². The summed E-state index contributed by atoms with van der Waals surface area (Å²) in [5.74, 6) is 0.270. The van der Waals surface area contributed by atoms with Crippen molar-refractivity contribution < 1.29 is 9.53 Å². The van der Waals surface area contributed by atoms with Gasteiger partial charge < -0.3 is 9.53 Å². The minimum Gasteiger partial charge on any atom is -0.410 e. The lowest BCUT2D eigenvalue weighted by Gasteiger charge is -2.42. The monoisotopic (exact) mass is 310 g/mol. The third-order valence-electron chi connectivity index (χ3n) is 6.17. The van der Waals surface area contributed by atoms with Gasteiger partial charge in [-0.05, 0) is 43.5 Å². The summed E-state index contributed by atoms with van der Waals surface area (Å²) in [4.78, 5) is 0. The molecule has 1 fully saturated rings. The smallest absolute Gasteiger partial charge is 0.192 e. The molecule has 2 nitrogen and oxygen atoms in total. The fourth-order valence-electron chi connectivity index (χ4n) is 3.60. The molecule has 0 heterocycles. The molecule has 3 atom stereocenters. The molecule has 0 radical (unpaired) electrons. The molecule has 0 aliphatic heterocycles. The van der Waals surface area contributed by atoms with E-state index in [9.17, 15) is 5.11 Å². The second-order valence-electron chi connectivity index (χ2n) is 8.68. The summed E-state index contributed by atoms with van der Waals surface area (Å²) in [6, 6.07) is 0. The second kappa shape index (κ2) is 5.82. The molecule has 2 rings (SSSR count). The first-order valence-corrected chi connectivity index (χ1v) is 11.6. The fraction of sp³-hybridized carbons (Fsp3) is 0.889. The van der Waals surface area contributed by atoms with Crippen LogP contribution in [0.2, 0.25) is 18.1 Å². The number of hydrogen-bond acceptors (Lipinski definition) is 2. The fourth-order valence-corrected chi connectivity index (χ4v) is 4.87. The Hall–Kier alpha value is -0.123. The van der Waals surface area contributed by atoms with Gasteiger partial charge in [-0.15, -0.1) is 0 Å². The zero-order valence-electron chi connectivity index (χ0n) is 14.8. The number of hydrogen-bond donors (Lipinski definition) is 1. The van der Waals surface area contributed by atoms with Gasteiger partial charge in [-0.1, -0.05) is 52.5 Å². The first-order chi connectivity index (χ1) is 9.58. The van der Waals surface area contributed by atoms with Gasteiger partial charge in [0.15, 0.2) is 8.32 Å². The summed E-state index contributed by atoms with van der Waals surface area (Å²) in [6.45, 7) is 13.6. The van der Waals surface area contributed by atoms with Gasteiger partial charge in [0.2, 0.25) is 0 Å². The standard InChI is InChI=1S/C18H34O2Si/c1-14-13-16(20-21(5,6)17(2,3)4)15-11-9-7-8-10-12-18(14,15)19/h13,15-16,19H,7-12H2,1-6H3/t15-,16?,18-/m0/s1. The first kappa shape index (κ1) is 17.2. The quantitative estimate of drug-likeness (QED) is 0.572. The third kappa shape index (κ3) is 3.30. The molecule has 1 unspecified atom stereocenters. The van der Waals surface area contributed by atoms with Gasteiger partial charge >= 0.3 is 0 Å². The molecule has 0 spiro atoms. The average molecular weight is 311 g/mol. The number of aliphatic hydroxyl groups is 1. The summed E-state index contributed by atoms with van der Waals surface area (Å²) in [6.07, 6.45) is 9.30. The Morgan fingerprint density at radius 3 is 2.43 bits per heavy atom. The van der Waals surface area contributed by atoms with Crippen LogP contribution in [0, 0.1) is 5.92 Å². The van der Waals surface area contributed by atoms with Gasteiger partial charge in [0.05, 0.1) is 11.7 Å². The number of fused-ring (bicyclic) bond motifs is 1. The highest BCUT2D eigenvalue weighted by Crippen LogP contribution is 2.47. The predicted molar refractivity (Wildman–Crippen MR) is 92.0 cm³/mol. The van der Waals surface area contributed by atoms with E-state index in [0.717, 1.165) is 24.8 Å². The molecule has 2 aliphatic rings. The highest BCUT2D eigenvalue weighted by molar-refractivity contribution is 6.74. The molecule has 0 aromatic rings. The maximum atomic E-state index is 11.2. The van der Waals surface area contributed by atoms with Crippen LogP contribution in [0.15, 0.2) is 11.6 Å². The minimum atomic E-state index is -1.79. The van der Waals surface area contributed by atoms with Crippen molar-refractivity contribution in [2.24, 2.45) is 5.92 Å². The van der Waals surface area contributed by atoms with E-state index in [-0.39, 0.29) is 17.1 Å². The van der Waals surface area contributed by atoms with E-state index >= 15 is 0 Å². The maximum absolute atomic E-state index is 11.2. The summed E-state index contributed by atoms with van der Waals surface area (Å²) < 4.78 is 6.67. The maximum Gasteiger partial charge on any atom is 0.192 e. The van der Waals surface area contributed by atoms with Crippen LogP contribution in [0.5, 0.6) is 0 Å². The Balaban J connectivity index is 2.21. The van der Waals surface area contributed by atoms with Crippen molar-refractivity contribution in [3.05, 3.63) is 11.6 Å². The zero-order chi connectivity index (χ0) is 15.9. The summed E-state index contributed by atoms with van der Waals surface area (Å²) in [5.41, 5.74) is 0.547. The molecule has 0 bridgehead atoms. The van der Waals surface area contributed by atoms with Crippen molar-refractivity contribution in [1.29, 1.82) is 0 Å². The molecule has 1 N–H and O–H groups in total. The van der Waals surface area contributed by atoms with Crippen LogP contribution in [-0.2, 0) is 4.43 Å². The molecule has 1 saturated carbocycles. The van der Waals surface area contributed by atoms with E-state index < -0.39 is 13.9 Å². The van der Waals surface area contributed by atoms with Crippen molar-refractivity contribution in [1.82, 2.24) is 0 Å². The van der Waals surface area contributed by atoms with Crippen LogP contribution in [-0.4, -0.2) is 25.1 Å². The molecule has 21 heavy (non-hydrogen) atoms. The lowest BCUT2D eigenvalue weighted by molar-refractivity contribution is -0.0258. The van der Waals surface area contributed by atoms with E-state index in [0.29, 0.717) is 0 Å². The van der Waals surface area contributed by atoms with Gasteiger partial charge in [-0.2, -0.15) is 0 Å². The van der Waals surface area contributed by atoms with E-state index in [2.05, 4.69) is 46.9 Å². The summed E-state index contributed by atoms with van der Waals surface area (Å²) in [5, 5.41) is 11.4. The molecule has 0 saturated heterocycles. The van der Waals surface area contributed by atoms with E-state index in [1.54, 1.807) is 0 Å². The molecule has 0 aromatic heterocycles. The Kier molecular flexibility index (Phi) is 4.78. The topological polar surface area (TPSA) is 29.5 Å². The summed E-state index contributed by atoms with van der Waals surface area (Å²) in [7, 11) is -1.79. The second-order valence-corrected chi connectivity index (χ2v) is 13.4. The molecular weight excluding hydrogens is 276 g/mol. The molecular formula is C18H34O2Si. The van der Waals surface area contributed by atoms with Crippen molar-refractivity contribution >= 4 is 8.32 Å². The van der Waals surface area contributed by atoms with Gasteiger partial charge in [0.1, 0.15) is 0 Å². The van der Waals surface area contributed by atoms with Gasteiger partial charge in [0.25, 0.3) is 0 Å². The number of rotatable bonds is 2. The highest BCUT2D eigenvalue weighted by atomic mass is 28.4. The molecule has 2 aliphatic carbocycles. The lowest BCUT2D eigenvalue weighted by atomic mass is 9.76. The Morgan fingerprint density at radius 2 is 1.81 bits per heavy atom. The molecule has 0 amide bonds. The predicted octanol–water partition coefficient (Wildman–Crippen LogP) is 5.04. The Labute approximate surface area is 132 Å². The van der Waals surface area contributed by atoms with Gasteiger partial charge in [0, 0.05) is 5.92 Å². The normalized spacial score (nSPS) is 34.9. The molecule has 0 aromatic carbocycles. The molecule has 122 valence electrons. The van der Waals surface area contributed by atoms with E-state index in [1.165, 1.54) is 19.3 Å². The highest BCUT2D eigenvalue weighted by Gasteiger charge is 2.50. The van der Waals surface area contributed by atoms with E-state index in [4.69, 9.17) is 4.43 Å². The van der Waals surface area contributed by atoms with Crippen LogP contribution in [0.25, 0.3) is 0 Å². The third-order valence-corrected chi connectivity index (χ3v) is 10.6. The Morgan fingerprint density at radius 1 is 1.19 bits per heavy atom. The van der Waals surface area contributed by atoms with Crippen LogP contribution in [0.1, 0.15) is 66.2 Å². The average Bonchev–Trinajstić information content (AvgIpc) is 2.51. The lowest BCUT2D eigenvalue weighted by Crippen LogP contribution is -2.48. The van der Waals surface area contributed by atoms with Gasteiger partial charge in [-0.25, -0.2) is 0 Å². The van der Waals surface area contributed by atoms with Crippen LogP contribution in [0.3, 0.4) is 0 Å². The van der Waals surface area contributed by atoms with Crippen LogP contribution >= 0.6 is 0 Å². The van der Waals surface area contributed by atoms with Crippen molar-refractivity contribution in [3.63, 3.8) is 0 Å².